The van der Waals surface area contributed by atoms with Crippen molar-refractivity contribution in [3.8, 4) is 0 Å². The van der Waals surface area contributed by atoms with Gasteiger partial charge in [-0.25, -0.2) is 9.18 Å². The molecule has 0 radical (unpaired) electrons. The molecule has 1 N–H and O–H groups in total. The number of imide groups is 1. The molecule has 0 bridgehead atoms. The van der Waals surface area contributed by atoms with E-state index in [0.717, 1.165) is 25.2 Å². The normalized spacial score (nSPS) is 30.2. The highest BCUT2D eigenvalue weighted by molar-refractivity contribution is 6.00. The molecule has 4 unspecified atom stereocenters. The van der Waals surface area contributed by atoms with Gasteiger partial charge in [0.25, 0.3) is 5.91 Å². The molecule has 0 saturated carbocycles. The van der Waals surface area contributed by atoms with E-state index < -0.39 is 6.04 Å². The van der Waals surface area contributed by atoms with Crippen molar-refractivity contribution >= 4 is 17.6 Å². The third kappa shape index (κ3) is 3.48. The van der Waals surface area contributed by atoms with E-state index in [1.54, 1.807) is 24.1 Å². The second kappa shape index (κ2) is 7.57. The Morgan fingerprint density at radius 1 is 1.17 bits per heavy atom. The van der Waals surface area contributed by atoms with Crippen LogP contribution in [0.25, 0.3) is 0 Å². The van der Waals surface area contributed by atoms with Crippen molar-refractivity contribution in [3.05, 3.63) is 30.1 Å². The largest absolute Gasteiger partial charge is 0.343 e. The number of halogens is 1. The van der Waals surface area contributed by atoms with Crippen molar-refractivity contribution in [2.45, 2.75) is 45.7 Å². The fourth-order valence-corrected chi connectivity index (χ4v) is 4.64. The molecule has 0 aromatic heterocycles. The Morgan fingerprint density at radius 2 is 1.86 bits per heavy atom. The molecule has 29 heavy (non-hydrogen) atoms. The lowest BCUT2D eigenvalue weighted by Crippen LogP contribution is -2.66. The molecule has 3 amide bonds. The highest BCUT2D eigenvalue weighted by Crippen LogP contribution is 2.34. The second-order valence-corrected chi connectivity index (χ2v) is 8.93. The topological polar surface area (TPSA) is 59.1 Å². The molecule has 7 nitrogen and oxygen atoms in total. The summed E-state index contributed by atoms with van der Waals surface area (Å²) in [7, 11) is 1.76. The molecular formula is C21H30FN5O2. The van der Waals surface area contributed by atoms with Crippen molar-refractivity contribution in [1.29, 1.82) is 0 Å². The molecule has 1 aromatic carbocycles. The number of likely N-dealkylation sites (N-methyl/N-ethyl adjacent to an activating group) is 1. The number of carbonyl (C=O) groups is 2. The van der Waals surface area contributed by atoms with E-state index in [4.69, 9.17) is 0 Å². The van der Waals surface area contributed by atoms with Gasteiger partial charge in [0.15, 0.2) is 0 Å². The van der Waals surface area contributed by atoms with Crippen molar-refractivity contribution in [1.82, 2.24) is 20.0 Å². The molecule has 3 saturated heterocycles. The lowest BCUT2D eigenvalue weighted by Gasteiger charge is -2.46. The molecule has 4 rings (SSSR count). The Bertz CT molecular complexity index is 786. The SMILES string of the molecule is CC(C)CCN1C(=O)C2C(NC3N(c4ccc(F)cc4)CC(C)CN23)N(C)C1=O. The van der Waals surface area contributed by atoms with Crippen LogP contribution in [0.1, 0.15) is 27.2 Å². The van der Waals surface area contributed by atoms with E-state index in [9.17, 15) is 14.0 Å². The van der Waals surface area contributed by atoms with Gasteiger partial charge in [0.1, 0.15) is 24.3 Å². The van der Waals surface area contributed by atoms with Gasteiger partial charge in [-0.3, -0.25) is 19.9 Å². The van der Waals surface area contributed by atoms with Crippen LogP contribution in [0, 0.1) is 17.7 Å². The summed E-state index contributed by atoms with van der Waals surface area (Å²) in [5.41, 5.74) is 0.900. The third-order valence-corrected chi connectivity index (χ3v) is 6.17. The summed E-state index contributed by atoms with van der Waals surface area (Å²) in [6.07, 6.45) is 0.206. The first-order valence-corrected chi connectivity index (χ1v) is 10.4. The molecule has 0 aliphatic carbocycles. The number of nitrogens with one attached hydrogen (secondary N) is 1. The molecule has 3 aliphatic heterocycles. The molecule has 3 fully saturated rings. The zero-order chi connectivity index (χ0) is 20.9. The number of fused-ring (bicyclic) bond motifs is 3. The minimum Gasteiger partial charge on any atom is -0.343 e. The zero-order valence-electron chi connectivity index (χ0n) is 17.5. The van der Waals surface area contributed by atoms with E-state index in [1.165, 1.54) is 17.0 Å². The summed E-state index contributed by atoms with van der Waals surface area (Å²) in [5, 5.41) is 3.49. The average Bonchev–Trinajstić information content (AvgIpc) is 3.05. The number of nitrogens with zero attached hydrogens (tertiary/aromatic N) is 4. The molecule has 158 valence electrons. The summed E-state index contributed by atoms with van der Waals surface area (Å²) < 4.78 is 13.4. The van der Waals surface area contributed by atoms with Crippen LogP contribution < -0.4 is 10.2 Å². The molecule has 8 heteroatoms. The van der Waals surface area contributed by atoms with Crippen LogP contribution in [0.5, 0.6) is 0 Å². The molecular weight excluding hydrogens is 373 g/mol. The van der Waals surface area contributed by atoms with Crippen LogP contribution in [0.4, 0.5) is 14.9 Å². The molecule has 4 atom stereocenters. The monoisotopic (exact) mass is 403 g/mol. The number of hydrogen-bond acceptors (Lipinski definition) is 5. The number of urea groups is 1. The van der Waals surface area contributed by atoms with Crippen molar-refractivity contribution in [3.63, 3.8) is 0 Å². The van der Waals surface area contributed by atoms with Gasteiger partial charge in [0.05, 0.1) is 0 Å². The standard InChI is InChI=1S/C21H30FN5O2/c1-13(2)9-10-25-19(28)17-18(24(4)21(25)29)23-20-26(11-14(3)12-27(17)20)16-7-5-15(22)6-8-16/h5-8,13-14,17-18,20,23H,9-12H2,1-4H3. The van der Waals surface area contributed by atoms with Gasteiger partial charge in [0.2, 0.25) is 0 Å². The van der Waals surface area contributed by atoms with Crippen LogP contribution >= 0.6 is 0 Å². The number of anilines is 1. The third-order valence-electron chi connectivity index (χ3n) is 6.17. The Hall–Kier alpha value is -2.19. The van der Waals surface area contributed by atoms with E-state index in [0.29, 0.717) is 18.4 Å². The average molecular weight is 404 g/mol. The summed E-state index contributed by atoms with van der Waals surface area (Å²) >= 11 is 0. The van der Waals surface area contributed by atoms with Gasteiger partial charge in [-0.05, 0) is 42.5 Å². The number of benzene rings is 1. The van der Waals surface area contributed by atoms with Gasteiger partial charge in [-0.1, -0.05) is 20.8 Å². The predicted molar refractivity (Wildman–Crippen MR) is 108 cm³/mol. The van der Waals surface area contributed by atoms with Gasteiger partial charge in [-0.15, -0.1) is 0 Å². The second-order valence-electron chi connectivity index (χ2n) is 8.93. The van der Waals surface area contributed by atoms with E-state index in [1.807, 2.05) is 0 Å². The molecule has 3 heterocycles. The van der Waals surface area contributed by atoms with Gasteiger partial charge in [0, 0.05) is 32.4 Å². The van der Waals surface area contributed by atoms with Gasteiger partial charge < -0.3 is 9.80 Å². The number of amides is 3. The number of hydrogen-bond donors (Lipinski definition) is 1. The Balaban J connectivity index is 1.63. The summed E-state index contributed by atoms with van der Waals surface area (Å²) in [5.74, 6) is 0.348. The number of rotatable bonds is 4. The minimum absolute atomic E-state index is 0.123. The lowest BCUT2D eigenvalue weighted by atomic mass is 10.0. The van der Waals surface area contributed by atoms with E-state index >= 15 is 0 Å². The Kier molecular flexibility index (Phi) is 5.25. The van der Waals surface area contributed by atoms with E-state index in [-0.39, 0.29) is 30.2 Å². The maximum absolute atomic E-state index is 13.4. The highest BCUT2D eigenvalue weighted by atomic mass is 19.1. The quantitative estimate of drug-likeness (QED) is 0.835. The molecule has 0 spiro atoms. The highest BCUT2D eigenvalue weighted by Gasteiger charge is 2.56. The smallest absolute Gasteiger partial charge is 0.327 e. The number of carbonyl (C=O) groups excluding carboxylic acids is 2. The Labute approximate surface area is 171 Å². The summed E-state index contributed by atoms with van der Waals surface area (Å²) in [6, 6.07) is 5.78. The van der Waals surface area contributed by atoms with Crippen LogP contribution in [-0.2, 0) is 4.79 Å². The van der Waals surface area contributed by atoms with Crippen LogP contribution in [0.15, 0.2) is 24.3 Å². The Morgan fingerprint density at radius 3 is 2.52 bits per heavy atom. The molecule has 3 aliphatic rings. The van der Waals surface area contributed by atoms with Crippen LogP contribution in [-0.4, -0.2) is 71.8 Å². The first-order valence-electron chi connectivity index (χ1n) is 10.4. The fourth-order valence-electron chi connectivity index (χ4n) is 4.64. The van der Waals surface area contributed by atoms with Crippen LogP contribution in [0.2, 0.25) is 0 Å². The van der Waals surface area contributed by atoms with Gasteiger partial charge in [-0.2, -0.15) is 0 Å². The summed E-state index contributed by atoms with van der Waals surface area (Å²) in [4.78, 5) is 33.6. The lowest BCUT2D eigenvalue weighted by molar-refractivity contribution is -0.139. The first kappa shape index (κ1) is 20.1. The van der Waals surface area contributed by atoms with Gasteiger partial charge >= 0.3 is 6.03 Å². The zero-order valence-corrected chi connectivity index (χ0v) is 17.5. The van der Waals surface area contributed by atoms with Crippen LogP contribution in [0.3, 0.4) is 0 Å². The first-order chi connectivity index (χ1) is 13.8. The fraction of sp³-hybridized carbons (Fsp3) is 0.619. The van der Waals surface area contributed by atoms with Crippen molar-refractivity contribution in [2.24, 2.45) is 11.8 Å². The maximum Gasteiger partial charge on any atom is 0.327 e. The van der Waals surface area contributed by atoms with E-state index in [2.05, 4.69) is 35.9 Å². The predicted octanol–water partition coefficient (Wildman–Crippen LogP) is 2.11. The maximum atomic E-state index is 13.4. The molecule has 1 aromatic rings. The minimum atomic E-state index is -0.416. The van der Waals surface area contributed by atoms with Crippen molar-refractivity contribution < 1.29 is 14.0 Å². The summed E-state index contributed by atoms with van der Waals surface area (Å²) in [6.45, 7) is 8.33. The van der Waals surface area contributed by atoms with Crippen molar-refractivity contribution in [2.75, 3.05) is 31.6 Å².